The molecule has 1 atom stereocenters. The molecule has 0 saturated carbocycles. The third-order valence-electron chi connectivity index (χ3n) is 5.11. The van der Waals surface area contributed by atoms with Crippen molar-refractivity contribution >= 4 is 21.8 Å². The van der Waals surface area contributed by atoms with Gasteiger partial charge in [-0.05, 0) is 49.9 Å². The zero-order chi connectivity index (χ0) is 18.7. The summed E-state index contributed by atoms with van der Waals surface area (Å²) < 4.78 is 27.6. The van der Waals surface area contributed by atoms with Crippen molar-refractivity contribution in [3.8, 4) is 0 Å². The summed E-state index contributed by atoms with van der Waals surface area (Å²) in [5.41, 5.74) is 0.398. The molecule has 1 aromatic carbocycles. The number of nitrogens with zero attached hydrogens (tertiary/aromatic N) is 2. The average molecular weight is 379 g/mol. The van der Waals surface area contributed by atoms with Crippen LogP contribution in [0, 0.1) is 0 Å². The van der Waals surface area contributed by atoms with E-state index in [2.05, 4.69) is 5.32 Å². The smallest absolute Gasteiger partial charge is 0.251 e. The lowest BCUT2D eigenvalue weighted by molar-refractivity contribution is -0.135. The van der Waals surface area contributed by atoms with Crippen LogP contribution in [-0.4, -0.2) is 62.2 Å². The van der Waals surface area contributed by atoms with Crippen LogP contribution < -0.4 is 5.32 Å². The normalized spacial score (nSPS) is 21.6. The van der Waals surface area contributed by atoms with E-state index in [4.69, 9.17) is 0 Å². The van der Waals surface area contributed by atoms with Crippen molar-refractivity contribution in [2.24, 2.45) is 0 Å². The second-order valence-corrected chi connectivity index (χ2v) is 8.65. The lowest BCUT2D eigenvalue weighted by Crippen LogP contribution is -2.52. The standard InChI is InChI=1S/C18H25N3O4S/c1-19-17(22)14-7-9-15(10-8-14)26(24,25)21-13-3-2-6-16(21)18(23)20-11-4-5-12-20/h7-10,16H,2-6,11-13H2,1H3,(H,19,22)/t16-/m1/s1. The van der Waals surface area contributed by atoms with Gasteiger partial charge in [0, 0.05) is 32.2 Å². The number of sulfonamides is 1. The highest BCUT2D eigenvalue weighted by Gasteiger charge is 2.39. The number of amides is 2. The molecule has 0 aliphatic carbocycles. The van der Waals surface area contributed by atoms with Gasteiger partial charge in [-0.3, -0.25) is 9.59 Å². The van der Waals surface area contributed by atoms with Gasteiger partial charge in [-0.15, -0.1) is 0 Å². The van der Waals surface area contributed by atoms with Crippen molar-refractivity contribution in [2.75, 3.05) is 26.7 Å². The molecule has 2 aliphatic rings. The number of hydrogen-bond donors (Lipinski definition) is 1. The molecule has 7 nitrogen and oxygen atoms in total. The number of carbonyl (C=O) groups is 2. The van der Waals surface area contributed by atoms with Crippen molar-refractivity contribution in [1.29, 1.82) is 0 Å². The van der Waals surface area contributed by atoms with Crippen molar-refractivity contribution in [3.63, 3.8) is 0 Å². The Morgan fingerprint density at radius 2 is 1.62 bits per heavy atom. The molecule has 0 bridgehead atoms. The van der Waals surface area contributed by atoms with Gasteiger partial charge in [0.25, 0.3) is 5.91 Å². The van der Waals surface area contributed by atoms with Gasteiger partial charge < -0.3 is 10.2 Å². The van der Waals surface area contributed by atoms with Gasteiger partial charge in [-0.25, -0.2) is 8.42 Å². The first kappa shape index (κ1) is 18.8. The van der Waals surface area contributed by atoms with E-state index in [9.17, 15) is 18.0 Å². The van der Waals surface area contributed by atoms with Crippen LogP contribution in [0.3, 0.4) is 0 Å². The lowest BCUT2D eigenvalue weighted by Gasteiger charge is -2.35. The number of nitrogens with one attached hydrogen (secondary N) is 1. The van der Waals surface area contributed by atoms with E-state index in [0.29, 0.717) is 31.6 Å². The molecule has 2 amide bonds. The minimum atomic E-state index is -3.78. The molecule has 1 N–H and O–H groups in total. The highest BCUT2D eigenvalue weighted by atomic mass is 32.2. The van der Waals surface area contributed by atoms with Crippen LogP contribution in [0.15, 0.2) is 29.2 Å². The van der Waals surface area contributed by atoms with Gasteiger partial charge in [-0.2, -0.15) is 4.31 Å². The van der Waals surface area contributed by atoms with Crippen molar-refractivity contribution in [3.05, 3.63) is 29.8 Å². The molecule has 3 rings (SSSR count). The van der Waals surface area contributed by atoms with Crippen LogP contribution in [0.25, 0.3) is 0 Å². The molecule has 1 aromatic rings. The summed E-state index contributed by atoms with van der Waals surface area (Å²) in [6.07, 6.45) is 4.12. The van der Waals surface area contributed by atoms with Crippen molar-refractivity contribution in [1.82, 2.24) is 14.5 Å². The maximum absolute atomic E-state index is 13.1. The Hall–Kier alpha value is -1.93. The summed E-state index contributed by atoms with van der Waals surface area (Å²) in [5.74, 6) is -0.346. The summed E-state index contributed by atoms with van der Waals surface area (Å²) in [4.78, 5) is 26.4. The lowest BCUT2D eigenvalue weighted by atomic mass is 10.0. The molecule has 0 spiro atoms. The highest BCUT2D eigenvalue weighted by molar-refractivity contribution is 7.89. The van der Waals surface area contributed by atoms with E-state index in [1.54, 1.807) is 4.90 Å². The van der Waals surface area contributed by atoms with Gasteiger partial charge in [0.1, 0.15) is 6.04 Å². The Kier molecular flexibility index (Phi) is 5.62. The molecule has 2 heterocycles. The fraction of sp³-hybridized carbons (Fsp3) is 0.556. The fourth-order valence-corrected chi connectivity index (χ4v) is 5.30. The Balaban J connectivity index is 1.85. The molecule has 0 unspecified atom stereocenters. The third-order valence-corrected chi connectivity index (χ3v) is 7.03. The molecular weight excluding hydrogens is 354 g/mol. The second kappa shape index (κ2) is 7.75. The summed E-state index contributed by atoms with van der Waals surface area (Å²) >= 11 is 0. The van der Waals surface area contributed by atoms with Gasteiger partial charge in [0.05, 0.1) is 4.90 Å². The van der Waals surface area contributed by atoms with E-state index in [1.165, 1.54) is 35.6 Å². The maximum atomic E-state index is 13.1. The van der Waals surface area contributed by atoms with Crippen molar-refractivity contribution < 1.29 is 18.0 Å². The fourth-order valence-electron chi connectivity index (χ4n) is 3.65. The monoisotopic (exact) mass is 379 g/mol. The van der Waals surface area contributed by atoms with Crippen LogP contribution in [0.4, 0.5) is 0 Å². The van der Waals surface area contributed by atoms with Gasteiger partial charge in [0.15, 0.2) is 0 Å². The van der Waals surface area contributed by atoms with E-state index in [0.717, 1.165) is 25.7 Å². The number of benzene rings is 1. The summed E-state index contributed by atoms with van der Waals surface area (Å²) in [6.45, 7) is 1.78. The number of hydrogen-bond acceptors (Lipinski definition) is 4. The highest BCUT2D eigenvalue weighted by Crippen LogP contribution is 2.27. The molecule has 8 heteroatoms. The maximum Gasteiger partial charge on any atom is 0.251 e. The van der Waals surface area contributed by atoms with Crippen LogP contribution in [0.1, 0.15) is 42.5 Å². The second-order valence-electron chi connectivity index (χ2n) is 6.76. The third kappa shape index (κ3) is 3.61. The molecule has 26 heavy (non-hydrogen) atoms. The van der Waals surface area contributed by atoms with Crippen LogP contribution in [0.5, 0.6) is 0 Å². The molecule has 0 radical (unpaired) electrons. The Morgan fingerprint density at radius 3 is 2.23 bits per heavy atom. The summed E-state index contributed by atoms with van der Waals surface area (Å²) in [5, 5.41) is 2.51. The molecular formula is C18H25N3O4S. The topological polar surface area (TPSA) is 86.8 Å². The number of likely N-dealkylation sites (tertiary alicyclic amines) is 1. The zero-order valence-corrected chi connectivity index (χ0v) is 15.8. The molecule has 2 saturated heterocycles. The SMILES string of the molecule is CNC(=O)c1ccc(S(=O)(=O)N2CCCC[C@@H]2C(=O)N2CCCC2)cc1. The minimum Gasteiger partial charge on any atom is -0.355 e. The molecule has 2 aliphatic heterocycles. The first-order valence-electron chi connectivity index (χ1n) is 9.08. The van der Waals surface area contributed by atoms with Gasteiger partial charge >= 0.3 is 0 Å². The average Bonchev–Trinajstić information content (AvgIpc) is 3.21. The quantitative estimate of drug-likeness (QED) is 0.852. The van der Waals surface area contributed by atoms with E-state index in [1.807, 2.05) is 0 Å². The van der Waals surface area contributed by atoms with Gasteiger partial charge in [0.2, 0.25) is 15.9 Å². The van der Waals surface area contributed by atoms with Crippen LogP contribution >= 0.6 is 0 Å². The first-order valence-corrected chi connectivity index (χ1v) is 10.5. The zero-order valence-electron chi connectivity index (χ0n) is 15.0. The predicted molar refractivity (Wildman–Crippen MR) is 97.2 cm³/mol. The summed E-state index contributed by atoms with van der Waals surface area (Å²) in [6, 6.07) is 5.24. The molecule has 2 fully saturated rings. The van der Waals surface area contributed by atoms with Gasteiger partial charge in [-0.1, -0.05) is 6.42 Å². The van der Waals surface area contributed by atoms with Crippen LogP contribution in [-0.2, 0) is 14.8 Å². The molecule has 142 valence electrons. The Labute approximate surface area is 154 Å². The predicted octanol–water partition coefficient (Wildman–Crippen LogP) is 1.21. The largest absolute Gasteiger partial charge is 0.355 e. The minimum absolute atomic E-state index is 0.0762. The van der Waals surface area contributed by atoms with Crippen LogP contribution in [0.2, 0.25) is 0 Å². The molecule has 0 aromatic heterocycles. The Morgan fingerprint density at radius 1 is 1.00 bits per heavy atom. The van der Waals surface area contributed by atoms with E-state index < -0.39 is 16.1 Å². The van der Waals surface area contributed by atoms with E-state index >= 15 is 0 Å². The first-order chi connectivity index (χ1) is 12.4. The summed E-state index contributed by atoms with van der Waals surface area (Å²) in [7, 11) is -2.26. The number of rotatable bonds is 4. The number of carbonyl (C=O) groups excluding carboxylic acids is 2. The van der Waals surface area contributed by atoms with E-state index in [-0.39, 0.29) is 16.7 Å². The number of piperidine rings is 1. The van der Waals surface area contributed by atoms with Crippen molar-refractivity contribution in [2.45, 2.75) is 43.0 Å². The Bertz CT molecular complexity index is 770.